The summed E-state index contributed by atoms with van der Waals surface area (Å²) in [6.07, 6.45) is 12.7. The van der Waals surface area contributed by atoms with Crippen molar-refractivity contribution in [2.45, 2.75) is 63.3 Å². The maximum atomic E-state index is 5.01. The summed E-state index contributed by atoms with van der Waals surface area (Å²) in [7, 11) is 0. The molecule has 0 N–H and O–H groups in total. The Hall–Kier alpha value is -2.57. The molecule has 0 aromatic carbocycles. The van der Waals surface area contributed by atoms with Gasteiger partial charge in [-0.3, -0.25) is 4.98 Å². The van der Waals surface area contributed by atoms with Crippen LogP contribution in [-0.4, -0.2) is 34.5 Å². The van der Waals surface area contributed by atoms with Gasteiger partial charge in [0.15, 0.2) is 0 Å². The first-order valence-electron chi connectivity index (χ1n) is 10.3. The van der Waals surface area contributed by atoms with Crippen LogP contribution in [0.3, 0.4) is 0 Å². The Labute approximate surface area is 164 Å². The standard InChI is InChI=1S/C21H25N7/c1-14-5-18(3-4-23-14)28-19(25-15(2)26-28)20-7-16-6-17(8-20)10-21(9-16,11-20)27-13-22-12-24-27/h3-5,12-13,16-17H,6-11H2,1-2H3/t16-,17-,20?,21?/m1/s1. The van der Waals surface area contributed by atoms with E-state index in [1.54, 1.807) is 6.33 Å². The van der Waals surface area contributed by atoms with Crippen LogP contribution in [0.1, 0.15) is 55.9 Å². The van der Waals surface area contributed by atoms with E-state index in [2.05, 4.69) is 30.5 Å². The van der Waals surface area contributed by atoms with E-state index in [-0.39, 0.29) is 11.0 Å². The second kappa shape index (κ2) is 5.49. The van der Waals surface area contributed by atoms with Crippen molar-refractivity contribution < 1.29 is 0 Å². The number of aromatic nitrogens is 7. The SMILES string of the molecule is Cc1cc(-n2nc(C)nc2C23C[C@H]4C[C@H](C2)CC(n2cncn2)(C4)C3)ccn1. The first-order valence-corrected chi connectivity index (χ1v) is 10.3. The van der Waals surface area contributed by atoms with Gasteiger partial charge in [-0.25, -0.2) is 19.3 Å². The molecule has 3 aromatic heterocycles. The molecular formula is C21H25N7. The topological polar surface area (TPSA) is 74.3 Å². The predicted molar refractivity (Wildman–Crippen MR) is 103 cm³/mol. The van der Waals surface area contributed by atoms with Crippen LogP contribution in [0.15, 0.2) is 31.0 Å². The summed E-state index contributed by atoms with van der Waals surface area (Å²) in [6, 6.07) is 4.14. The molecule has 4 bridgehead atoms. The van der Waals surface area contributed by atoms with E-state index in [0.29, 0.717) is 0 Å². The molecular weight excluding hydrogens is 350 g/mol. The fourth-order valence-electron chi connectivity index (χ4n) is 6.80. The zero-order valence-corrected chi connectivity index (χ0v) is 16.4. The Bertz CT molecular complexity index is 1020. The first kappa shape index (κ1) is 16.4. The molecule has 28 heavy (non-hydrogen) atoms. The summed E-state index contributed by atoms with van der Waals surface area (Å²) >= 11 is 0. The normalized spacial score (nSPS) is 33.5. The lowest BCUT2D eigenvalue weighted by Crippen LogP contribution is -2.59. The Kier molecular flexibility index (Phi) is 3.21. The molecule has 144 valence electrons. The molecule has 3 aromatic rings. The Morgan fingerprint density at radius 1 is 1.11 bits per heavy atom. The van der Waals surface area contributed by atoms with Crippen LogP contribution in [0, 0.1) is 25.7 Å². The van der Waals surface area contributed by atoms with Gasteiger partial charge in [0.05, 0.1) is 11.2 Å². The van der Waals surface area contributed by atoms with Crippen LogP contribution < -0.4 is 0 Å². The van der Waals surface area contributed by atoms with Crippen molar-refractivity contribution in [2.75, 3.05) is 0 Å². The van der Waals surface area contributed by atoms with E-state index in [9.17, 15) is 0 Å². The first-order chi connectivity index (χ1) is 13.6. The van der Waals surface area contributed by atoms with E-state index in [0.717, 1.165) is 41.3 Å². The number of nitrogens with zero attached hydrogens (tertiary/aromatic N) is 7. The van der Waals surface area contributed by atoms with Gasteiger partial charge in [0.1, 0.15) is 24.3 Å². The summed E-state index contributed by atoms with van der Waals surface area (Å²) in [5.41, 5.74) is 2.21. The molecule has 3 heterocycles. The third kappa shape index (κ3) is 2.25. The molecule has 0 amide bonds. The van der Waals surface area contributed by atoms with Gasteiger partial charge in [0.2, 0.25) is 0 Å². The fourth-order valence-corrected chi connectivity index (χ4v) is 6.80. The molecule has 4 fully saturated rings. The predicted octanol–water partition coefficient (Wildman–Crippen LogP) is 3.12. The van der Waals surface area contributed by atoms with Crippen LogP contribution in [-0.2, 0) is 11.0 Å². The van der Waals surface area contributed by atoms with Crippen molar-refractivity contribution in [3.05, 3.63) is 48.3 Å². The highest BCUT2D eigenvalue weighted by Gasteiger charge is 2.61. The van der Waals surface area contributed by atoms with E-state index >= 15 is 0 Å². The number of hydrogen-bond donors (Lipinski definition) is 0. The maximum absolute atomic E-state index is 5.01. The fraction of sp³-hybridized carbons (Fsp3) is 0.571. The summed E-state index contributed by atoms with van der Waals surface area (Å²) in [5.74, 6) is 3.44. The molecule has 2 atom stereocenters. The number of hydrogen-bond acceptors (Lipinski definition) is 5. The summed E-state index contributed by atoms with van der Waals surface area (Å²) < 4.78 is 4.25. The van der Waals surface area contributed by atoms with Crippen LogP contribution >= 0.6 is 0 Å². The average molecular weight is 375 g/mol. The molecule has 4 aliphatic rings. The highest BCUT2D eigenvalue weighted by molar-refractivity contribution is 5.35. The zero-order chi connectivity index (χ0) is 18.9. The van der Waals surface area contributed by atoms with Gasteiger partial charge >= 0.3 is 0 Å². The van der Waals surface area contributed by atoms with Crippen LogP contribution in [0.5, 0.6) is 0 Å². The highest BCUT2D eigenvalue weighted by atomic mass is 15.4. The van der Waals surface area contributed by atoms with Crippen molar-refractivity contribution in [1.29, 1.82) is 0 Å². The second-order valence-corrected chi connectivity index (χ2v) is 9.36. The zero-order valence-electron chi connectivity index (χ0n) is 16.4. The monoisotopic (exact) mass is 375 g/mol. The quantitative estimate of drug-likeness (QED) is 0.703. The Balaban J connectivity index is 1.50. The van der Waals surface area contributed by atoms with E-state index in [4.69, 9.17) is 10.1 Å². The molecule has 0 aliphatic heterocycles. The van der Waals surface area contributed by atoms with Crippen LogP contribution in [0.4, 0.5) is 0 Å². The molecule has 0 radical (unpaired) electrons. The molecule has 4 saturated carbocycles. The third-order valence-corrected chi connectivity index (χ3v) is 7.25. The van der Waals surface area contributed by atoms with Crippen LogP contribution in [0.2, 0.25) is 0 Å². The Morgan fingerprint density at radius 2 is 1.93 bits per heavy atom. The second-order valence-electron chi connectivity index (χ2n) is 9.36. The van der Waals surface area contributed by atoms with Gasteiger partial charge in [0.25, 0.3) is 0 Å². The average Bonchev–Trinajstić information content (AvgIpc) is 3.31. The van der Waals surface area contributed by atoms with E-state index in [1.807, 2.05) is 32.4 Å². The Morgan fingerprint density at radius 3 is 2.64 bits per heavy atom. The summed E-state index contributed by atoms with van der Waals surface area (Å²) in [6.45, 7) is 4.03. The smallest absolute Gasteiger partial charge is 0.148 e. The number of rotatable bonds is 3. The minimum atomic E-state index is 0.0640. The van der Waals surface area contributed by atoms with Crippen molar-refractivity contribution >= 4 is 0 Å². The maximum Gasteiger partial charge on any atom is 0.148 e. The van der Waals surface area contributed by atoms with E-state index < -0.39 is 0 Å². The van der Waals surface area contributed by atoms with Gasteiger partial charge in [-0.15, -0.1) is 0 Å². The molecule has 7 heteroatoms. The summed E-state index contributed by atoms with van der Waals surface area (Å²) in [5, 5.41) is 9.39. The molecule has 4 aliphatic carbocycles. The van der Waals surface area contributed by atoms with E-state index in [1.165, 1.54) is 32.1 Å². The number of pyridine rings is 1. The van der Waals surface area contributed by atoms with Gasteiger partial charge in [-0.2, -0.15) is 10.2 Å². The molecule has 0 unspecified atom stereocenters. The highest BCUT2D eigenvalue weighted by Crippen LogP contribution is 2.64. The molecule has 0 saturated heterocycles. The summed E-state index contributed by atoms with van der Waals surface area (Å²) in [4.78, 5) is 13.6. The molecule has 0 spiro atoms. The van der Waals surface area contributed by atoms with Crippen molar-refractivity contribution in [3.8, 4) is 5.69 Å². The largest absolute Gasteiger partial charge is 0.261 e. The van der Waals surface area contributed by atoms with Crippen molar-refractivity contribution in [1.82, 2.24) is 34.5 Å². The van der Waals surface area contributed by atoms with Crippen molar-refractivity contribution in [2.24, 2.45) is 11.8 Å². The molecule has 7 nitrogen and oxygen atoms in total. The van der Waals surface area contributed by atoms with Crippen molar-refractivity contribution in [3.63, 3.8) is 0 Å². The lowest BCUT2D eigenvalue weighted by Gasteiger charge is -2.61. The molecule has 7 rings (SSSR count). The van der Waals surface area contributed by atoms with Gasteiger partial charge in [-0.1, -0.05) is 0 Å². The number of aryl methyl sites for hydroxylation is 2. The minimum Gasteiger partial charge on any atom is -0.261 e. The third-order valence-electron chi connectivity index (χ3n) is 7.25. The van der Waals surface area contributed by atoms with Gasteiger partial charge in [-0.05, 0) is 76.3 Å². The van der Waals surface area contributed by atoms with Gasteiger partial charge < -0.3 is 0 Å². The lowest BCUT2D eigenvalue weighted by molar-refractivity contribution is -0.0723. The lowest BCUT2D eigenvalue weighted by atomic mass is 9.46. The minimum absolute atomic E-state index is 0.0640. The van der Waals surface area contributed by atoms with Crippen LogP contribution in [0.25, 0.3) is 5.69 Å². The van der Waals surface area contributed by atoms with Gasteiger partial charge in [0, 0.05) is 17.3 Å².